The number of benzene rings is 1. The lowest BCUT2D eigenvalue weighted by atomic mass is 10.2. The average Bonchev–Trinajstić information content (AvgIpc) is 3.17. The van der Waals surface area contributed by atoms with Crippen LogP contribution in [0, 0.1) is 0 Å². The molecule has 1 aromatic carbocycles. The van der Waals surface area contributed by atoms with E-state index in [1.54, 1.807) is 13.2 Å². The summed E-state index contributed by atoms with van der Waals surface area (Å²) >= 11 is 0. The fourth-order valence-electron chi connectivity index (χ4n) is 2.64. The van der Waals surface area contributed by atoms with Crippen molar-refractivity contribution < 1.29 is 14.2 Å². The molecule has 1 aliphatic rings. The van der Waals surface area contributed by atoms with E-state index in [0.29, 0.717) is 31.5 Å². The van der Waals surface area contributed by atoms with Crippen LogP contribution in [-0.4, -0.2) is 31.4 Å². The Hall–Kier alpha value is -2.96. The summed E-state index contributed by atoms with van der Waals surface area (Å²) in [6.45, 7) is 4.31. The Morgan fingerprint density at radius 2 is 2.04 bits per heavy atom. The standard InChI is InChI=1S/C20H26N4O3/c1-3-4-10-25-19-16(6-5-9-22-19)13-24-20(21-2)23-12-15-7-8-17-18(11-15)27-14-26-17/h5-9,11H,3-4,10,12-14H2,1-2H3,(H2,21,23,24). The van der Waals surface area contributed by atoms with E-state index < -0.39 is 0 Å². The van der Waals surface area contributed by atoms with Crippen molar-refractivity contribution >= 4 is 5.96 Å². The van der Waals surface area contributed by atoms with Gasteiger partial charge in [-0.2, -0.15) is 0 Å². The zero-order valence-electron chi connectivity index (χ0n) is 15.8. The second-order valence-electron chi connectivity index (χ2n) is 6.14. The van der Waals surface area contributed by atoms with Crippen molar-refractivity contribution in [3.05, 3.63) is 47.7 Å². The van der Waals surface area contributed by atoms with E-state index in [9.17, 15) is 0 Å². The summed E-state index contributed by atoms with van der Waals surface area (Å²) in [6.07, 6.45) is 3.86. The molecular weight excluding hydrogens is 344 g/mol. The van der Waals surface area contributed by atoms with Gasteiger partial charge in [-0.1, -0.05) is 25.5 Å². The fraction of sp³-hybridized carbons (Fsp3) is 0.400. The van der Waals surface area contributed by atoms with Crippen LogP contribution >= 0.6 is 0 Å². The van der Waals surface area contributed by atoms with Crippen molar-refractivity contribution in [2.45, 2.75) is 32.9 Å². The van der Waals surface area contributed by atoms with Crippen LogP contribution in [0.5, 0.6) is 17.4 Å². The maximum Gasteiger partial charge on any atom is 0.231 e. The molecule has 0 atom stereocenters. The third-order valence-corrected chi connectivity index (χ3v) is 4.15. The summed E-state index contributed by atoms with van der Waals surface area (Å²) in [6, 6.07) is 9.82. The van der Waals surface area contributed by atoms with Crippen molar-refractivity contribution in [1.29, 1.82) is 0 Å². The van der Waals surface area contributed by atoms with E-state index in [2.05, 4.69) is 27.5 Å². The van der Waals surface area contributed by atoms with Gasteiger partial charge in [-0.3, -0.25) is 4.99 Å². The molecule has 2 heterocycles. The lowest BCUT2D eigenvalue weighted by Gasteiger charge is -2.14. The third kappa shape index (κ3) is 5.26. The molecule has 0 amide bonds. The van der Waals surface area contributed by atoms with Gasteiger partial charge in [0.25, 0.3) is 0 Å². The van der Waals surface area contributed by atoms with E-state index >= 15 is 0 Å². The van der Waals surface area contributed by atoms with E-state index in [4.69, 9.17) is 14.2 Å². The minimum atomic E-state index is 0.281. The summed E-state index contributed by atoms with van der Waals surface area (Å²) < 4.78 is 16.5. The molecule has 1 aliphatic heterocycles. The number of fused-ring (bicyclic) bond motifs is 1. The van der Waals surface area contributed by atoms with Gasteiger partial charge in [0.2, 0.25) is 12.7 Å². The van der Waals surface area contributed by atoms with Gasteiger partial charge in [0.1, 0.15) is 0 Å². The van der Waals surface area contributed by atoms with Gasteiger partial charge in [0, 0.05) is 31.9 Å². The van der Waals surface area contributed by atoms with E-state index in [-0.39, 0.29) is 6.79 Å². The molecule has 2 N–H and O–H groups in total. The molecule has 1 aromatic heterocycles. The molecule has 0 fully saturated rings. The van der Waals surface area contributed by atoms with Crippen molar-refractivity contribution in [2.75, 3.05) is 20.4 Å². The summed E-state index contributed by atoms with van der Waals surface area (Å²) in [5, 5.41) is 6.60. The first-order valence-electron chi connectivity index (χ1n) is 9.20. The van der Waals surface area contributed by atoms with E-state index in [1.807, 2.05) is 30.3 Å². The Kier molecular flexibility index (Phi) is 6.73. The average molecular weight is 370 g/mol. The molecule has 0 saturated carbocycles. The van der Waals surface area contributed by atoms with Crippen molar-refractivity contribution in [2.24, 2.45) is 4.99 Å². The smallest absolute Gasteiger partial charge is 0.231 e. The molecule has 0 saturated heterocycles. The quantitative estimate of drug-likeness (QED) is 0.423. The fourth-order valence-corrected chi connectivity index (χ4v) is 2.64. The number of nitrogens with zero attached hydrogens (tertiary/aromatic N) is 2. The molecule has 7 heteroatoms. The summed E-state index contributed by atoms with van der Waals surface area (Å²) in [4.78, 5) is 8.61. The highest BCUT2D eigenvalue weighted by molar-refractivity contribution is 5.79. The predicted octanol–water partition coefficient (Wildman–Crippen LogP) is 2.85. The summed E-state index contributed by atoms with van der Waals surface area (Å²) in [5.41, 5.74) is 2.09. The van der Waals surface area contributed by atoms with Crippen molar-refractivity contribution in [3.63, 3.8) is 0 Å². The zero-order valence-corrected chi connectivity index (χ0v) is 15.8. The van der Waals surface area contributed by atoms with Crippen LogP contribution in [0.1, 0.15) is 30.9 Å². The highest BCUT2D eigenvalue weighted by Gasteiger charge is 2.13. The van der Waals surface area contributed by atoms with Gasteiger partial charge in [-0.05, 0) is 30.2 Å². The van der Waals surface area contributed by atoms with Crippen LogP contribution in [0.15, 0.2) is 41.5 Å². The Morgan fingerprint density at radius 3 is 2.89 bits per heavy atom. The molecule has 0 unspecified atom stereocenters. The topological polar surface area (TPSA) is 77.0 Å². The van der Waals surface area contributed by atoms with Gasteiger partial charge in [-0.15, -0.1) is 0 Å². The second-order valence-corrected chi connectivity index (χ2v) is 6.14. The zero-order chi connectivity index (χ0) is 18.9. The largest absolute Gasteiger partial charge is 0.477 e. The second kappa shape index (κ2) is 9.66. The lowest BCUT2D eigenvalue weighted by Crippen LogP contribution is -2.36. The number of pyridine rings is 1. The minimum Gasteiger partial charge on any atom is -0.477 e. The van der Waals surface area contributed by atoms with Crippen molar-refractivity contribution in [3.8, 4) is 17.4 Å². The number of aromatic nitrogens is 1. The Labute approximate surface area is 159 Å². The number of aliphatic imine (C=N–C) groups is 1. The first-order valence-corrected chi connectivity index (χ1v) is 9.20. The summed E-state index contributed by atoms with van der Waals surface area (Å²) in [5.74, 6) is 2.94. The van der Waals surface area contributed by atoms with E-state index in [1.165, 1.54) is 0 Å². The Morgan fingerprint density at radius 1 is 1.19 bits per heavy atom. The first kappa shape index (κ1) is 18.8. The van der Waals surface area contributed by atoms with Crippen molar-refractivity contribution in [1.82, 2.24) is 15.6 Å². The monoisotopic (exact) mass is 370 g/mol. The molecule has 0 radical (unpaired) electrons. The first-order chi connectivity index (χ1) is 13.3. The molecule has 7 nitrogen and oxygen atoms in total. The number of hydrogen-bond donors (Lipinski definition) is 2. The van der Waals surface area contributed by atoms with Gasteiger partial charge >= 0.3 is 0 Å². The highest BCUT2D eigenvalue weighted by atomic mass is 16.7. The third-order valence-electron chi connectivity index (χ3n) is 4.15. The minimum absolute atomic E-state index is 0.281. The molecule has 2 aromatic rings. The molecule has 0 aliphatic carbocycles. The van der Waals surface area contributed by atoms with Crippen LogP contribution < -0.4 is 24.8 Å². The summed E-state index contributed by atoms with van der Waals surface area (Å²) in [7, 11) is 1.75. The van der Waals surface area contributed by atoms with Gasteiger partial charge < -0.3 is 24.8 Å². The van der Waals surface area contributed by atoms with Crippen LogP contribution in [-0.2, 0) is 13.1 Å². The Balaban J connectivity index is 1.52. The van der Waals surface area contributed by atoms with E-state index in [0.717, 1.165) is 35.5 Å². The number of rotatable bonds is 8. The predicted molar refractivity (Wildman–Crippen MR) is 104 cm³/mol. The molecular formula is C20H26N4O3. The molecule has 144 valence electrons. The molecule has 0 spiro atoms. The van der Waals surface area contributed by atoms with Crippen LogP contribution in [0.2, 0.25) is 0 Å². The molecule has 0 bridgehead atoms. The van der Waals surface area contributed by atoms with Gasteiger partial charge in [0.15, 0.2) is 17.5 Å². The molecule has 3 rings (SSSR count). The van der Waals surface area contributed by atoms with Gasteiger partial charge in [-0.25, -0.2) is 4.98 Å². The number of hydrogen-bond acceptors (Lipinski definition) is 5. The molecule has 27 heavy (non-hydrogen) atoms. The Bertz CT molecular complexity index is 780. The SMILES string of the molecule is CCCCOc1ncccc1CNC(=NC)NCc1ccc2c(c1)OCO2. The van der Waals surface area contributed by atoms with Crippen LogP contribution in [0.4, 0.5) is 0 Å². The number of guanidine groups is 1. The van der Waals surface area contributed by atoms with Crippen LogP contribution in [0.25, 0.3) is 0 Å². The maximum atomic E-state index is 5.78. The number of unbranched alkanes of at least 4 members (excludes halogenated alkanes) is 1. The normalized spacial score (nSPS) is 12.7. The van der Waals surface area contributed by atoms with Gasteiger partial charge in [0.05, 0.1) is 6.61 Å². The number of nitrogens with one attached hydrogen (secondary N) is 2. The van der Waals surface area contributed by atoms with Crippen LogP contribution in [0.3, 0.4) is 0 Å². The highest BCUT2D eigenvalue weighted by Crippen LogP contribution is 2.32. The lowest BCUT2D eigenvalue weighted by molar-refractivity contribution is 0.174. The maximum absolute atomic E-state index is 5.78. The number of ether oxygens (including phenoxy) is 3.